The number of nitrogens with zero attached hydrogens (tertiary/aromatic N) is 1. The maximum atomic E-state index is 14.5. The quantitative estimate of drug-likeness (QED) is 0.0802. The van der Waals surface area contributed by atoms with Crippen molar-refractivity contribution in [1.29, 1.82) is 0 Å². The molecule has 0 amide bonds. The Balaban J connectivity index is 1.20. The Kier molecular flexibility index (Phi) is 14.7. The van der Waals surface area contributed by atoms with Crippen LogP contribution in [0.2, 0.25) is 0 Å². The molecular formula is C49H77NO10. The van der Waals surface area contributed by atoms with Crippen molar-refractivity contribution in [3.63, 3.8) is 0 Å². The van der Waals surface area contributed by atoms with Crippen LogP contribution in [0, 0.1) is 34.5 Å². The fraction of sp³-hybridized carbons (Fsp3) is 0.837. The molecule has 11 heteroatoms. The van der Waals surface area contributed by atoms with E-state index in [1.54, 1.807) is 52.7 Å². The van der Waals surface area contributed by atoms with Gasteiger partial charge in [0.1, 0.15) is 23.1 Å². The molecule has 1 saturated heterocycles. The van der Waals surface area contributed by atoms with Crippen molar-refractivity contribution < 1.29 is 47.9 Å². The van der Waals surface area contributed by atoms with Crippen LogP contribution < -0.4 is 4.74 Å². The monoisotopic (exact) mass is 840 g/mol. The largest absolute Gasteiger partial charge is 0.497 e. The van der Waals surface area contributed by atoms with E-state index >= 15 is 0 Å². The van der Waals surface area contributed by atoms with E-state index in [-0.39, 0.29) is 47.4 Å². The summed E-state index contributed by atoms with van der Waals surface area (Å²) in [6.07, 6.45) is 16.4. The Labute approximate surface area is 360 Å². The summed E-state index contributed by atoms with van der Waals surface area (Å²) in [5, 5.41) is 13.1. The number of ether oxygens (including phenoxy) is 7. The zero-order valence-corrected chi connectivity index (χ0v) is 37.9. The minimum absolute atomic E-state index is 0.0000281. The number of unbranched alkanes of at least 4 members (excludes halogenated alkanes) is 12. The lowest BCUT2D eigenvalue weighted by atomic mass is 9.43. The molecule has 6 aliphatic rings. The fourth-order valence-electron chi connectivity index (χ4n) is 14.7. The van der Waals surface area contributed by atoms with Crippen LogP contribution in [-0.4, -0.2) is 119 Å². The lowest BCUT2D eigenvalue weighted by Crippen LogP contribution is -2.77. The molecule has 0 radical (unpaired) electrons. The molecule has 1 N–H and O–H groups in total. The molecule has 0 aromatic heterocycles. The molecule has 5 saturated carbocycles. The highest BCUT2D eigenvalue weighted by molar-refractivity contribution is 5.89. The Bertz CT molecular complexity index is 1590. The number of carbonyl (C=O) groups is 2. The molecule has 5 aliphatic carbocycles. The standard InChI is InChI=1S/C49H77NO10/c1-8-10-11-12-13-14-15-16-17-18-19-20-21-22-38(51)60-48-30-37(57-6)47(53)29-35(39(48)44(47)59-45(52)33-23-25-34(55-4)26-24-33)49-36(56-5)27-28-46(32-54-3)31-50(9-2)43(49)40(48)41(58-7)42(46)49/h23-26,35-37,39-44,53H,8-22,27-32H2,1-7H3. The average Bonchev–Trinajstić information content (AvgIpc) is 3.63. The molecular weight excluding hydrogens is 763 g/mol. The number of hydrogen-bond acceptors (Lipinski definition) is 11. The molecule has 1 aromatic carbocycles. The van der Waals surface area contributed by atoms with Crippen molar-refractivity contribution in [3.8, 4) is 5.75 Å². The molecule has 1 spiro atoms. The third-order valence-electron chi connectivity index (χ3n) is 16.8. The number of hydrogen-bond donors (Lipinski definition) is 1. The lowest BCUT2D eigenvalue weighted by Gasteiger charge is -2.69. The minimum Gasteiger partial charge on any atom is -0.497 e. The Morgan fingerprint density at radius 3 is 1.98 bits per heavy atom. The molecule has 13 unspecified atom stereocenters. The van der Waals surface area contributed by atoms with E-state index in [2.05, 4.69) is 18.7 Å². The topological polar surface area (TPSA) is 122 Å². The van der Waals surface area contributed by atoms with Crippen LogP contribution in [0.25, 0.3) is 0 Å². The molecule has 338 valence electrons. The van der Waals surface area contributed by atoms with E-state index in [1.807, 2.05) is 7.11 Å². The molecule has 7 bridgehead atoms. The van der Waals surface area contributed by atoms with Gasteiger partial charge in [-0.15, -0.1) is 0 Å². The summed E-state index contributed by atoms with van der Waals surface area (Å²) in [5.41, 5.74) is -3.06. The summed E-state index contributed by atoms with van der Waals surface area (Å²) >= 11 is 0. The third-order valence-corrected chi connectivity index (χ3v) is 16.8. The predicted molar refractivity (Wildman–Crippen MR) is 229 cm³/mol. The van der Waals surface area contributed by atoms with Gasteiger partial charge in [-0.05, 0) is 62.4 Å². The third kappa shape index (κ3) is 7.54. The summed E-state index contributed by atoms with van der Waals surface area (Å²) in [7, 11) is 8.60. The number of piperidine rings is 1. The van der Waals surface area contributed by atoms with Crippen LogP contribution in [0.15, 0.2) is 24.3 Å². The van der Waals surface area contributed by atoms with E-state index < -0.39 is 40.7 Å². The van der Waals surface area contributed by atoms with Gasteiger partial charge in [-0.3, -0.25) is 9.69 Å². The average molecular weight is 840 g/mol. The number of aliphatic hydroxyl groups is 1. The van der Waals surface area contributed by atoms with Gasteiger partial charge in [0.05, 0.1) is 37.6 Å². The van der Waals surface area contributed by atoms with Crippen molar-refractivity contribution in [3.05, 3.63) is 29.8 Å². The predicted octanol–water partition coefficient (Wildman–Crippen LogP) is 8.18. The first-order valence-electron chi connectivity index (χ1n) is 23.7. The molecule has 60 heavy (non-hydrogen) atoms. The van der Waals surface area contributed by atoms with Crippen molar-refractivity contribution >= 4 is 11.9 Å². The first-order valence-corrected chi connectivity index (χ1v) is 23.7. The lowest BCUT2D eigenvalue weighted by molar-refractivity contribution is -0.287. The maximum absolute atomic E-state index is 14.5. The number of benzene rings is 1. The number of fused-ring (bicyclic) bond motifs is 2. The van der Waals surface area contributed by atoms with Gasteiger partial charge >= 0.3 is 11.9 Å². The zero-order valence-electron chi connectivity index (χ0n) is 37.9. The van der Waals surface area contributed by atoms with Gasteiger partial charge in [-0.25, -0.2) is 4.79 Å². The van der Waals surface area contributed by atoms with E-state index in [1.165, 1.54) is 64.2 Å². The van der Waals surface area contributed by atoms with Crippen LogP contribution in [-0.2, 0) is 33.2 Å². The number of carbonyl (C=O) groups excluding carboxylic acids is 2. The van der Waals surface area contributed by atoms with Crippen LogP contribution in [0.5, 0.6) is 5.75 Å². The Hall–Kier alpha value is -2.28. The molecule has 7 rings (SSSR count). The van der Waals surface area contributed by atoms with Gasteiger partial charge in [-0.2, -0.15) is 0 Å². The molecule has 1 aliphatic heterocycles. The summed E-state index contributed by atoms with van der Waals surface area (Å²) < 4.78 is 44.9. The molecule has 11 nitrogen and oxygen atoms in total. The Morgan fingerprint density at radius 1 is 0.783 bits per heavy atom. The molecule has 1 heterocycles. The van der Waals surface area contributed by atoms with Gasteiger partial charge in [0, 0.05) is 82.5 Å². The highest BCUT2D eigenvalue weighted by atomic mass is 16.6. The first kappa shape index (κ1) is 45.7. The van der Waals surface area contributed by atoms with Gasteiger partial charge < -0.3 is 38.3 Å². The SMILES string of the molecule is CCCCCCCCCCCCCCCC(=O)OC12CC(OC)C3(O)CC(C1C3OC(=O)c1ccc(OC)cc1)C13C(OC)CCC4(COC)CN(CC)C1C2C(OC)C43. The van der Waals surface area contributed by atoms with Gasteiger partial charge in [0.15, 0.2) is 0 Å². The smallest absolute Gasteiger partial charge is 0.338 e. The Morgan fingerprint density at radius 2 is 1.42 bits per heavy atom. The van der Waals surface area contributed by atoms with E-state index in [0.29, 0.717) is 37.2 Å². The highest BCUT2D eigenvalue weighted by Crippen LogP contribution is 2.80. The second kappa shape index (κ2) is 19.2. The van der Waals surface area contributed by atoms with Crippen molar-refractivity contribution in [2.45, 2.75) is 171 Å². The zero-order chi connectivity index (χ0) is 42.7. The normalized spacial score (nSPS) is 38.5. The van der Waals surface area contributed by atoms with Crippen molar-refractivity contribution in [2.24, 2.45) is 34.5 Å². The van der Waals surface area contributed by atoms with Crippen molar-refractivity contribution in [1.82, 2.24) is 4.90 Å². The number of rotatable bonds is 24. The van der Waals surface area contributed by atoms with Gasteiger partial charge in [0.2, 0.25) is 0 Å². The fourth-order valence-corrected chi connectivity index (χ4v) is 14.7. The van der Waals surface area contributed by atoms with Gasteiger partial charge in [-0.1, -0.05) is 90.9 Å². The van der Waals surface area contributed by atoms with Crippen LogP contribution in [0.3, 0.4) is 0 Å². The van der Waals surface area contributed by atoms with Crippen LogP contribution >= 0.6 is 0 Å². The summed E-state index contributed by atoms with van der Waals surface area (Å²) in [6, 6.07) is 6.77. The number of methoxy groups -OCH3 is 5. The summed E-state index contributed by atoms with van der Waals surface area (Å²) in [4.78, 5) is 31.4. The molecule has 13 atom stereocenters. The first-order chi connectivity index (χ1) is 29.1. The number of esters is 2. The maximum Gasteiger partial charge on any atom is 0.338 e. The summed E-state index contributed by atoms with van der Waals surface area (Å²) in [5.74, 6) is -1.19. The van der Waals surface area contributed by atoms with Crippen LogP contribution in [0.1, 0.15) is 140 Å². The van der Waals surface area contributed by atoms with Crippen LogP contribution in [0.4, 0.5) is 0 Å². The molecule has 1 aromatic rings. The highest BCUT2D eigenvalue weighted by Gasteiger charge is 2.89. The van der Waals surface area contributed by atoms with E-state index in [0.717, 1.165) is 45.2 Å². The van der Waals surface area contributed by atoms with E-state index in [4.69, 9.17) is 33.2 Å². The second-order valence-corrected chi connectivity index (χ2v) is 19.5. The minimum atomic E-state index is -1.52. The molecule has 6 fully saturated rings. The number of likely N-dealkylation sites (tertiary alicyclic amines) is 1. The van der Waals surface area contributed by atoms with Crippen molar-refractivity contribution in [2.75, 3.05) is 55.2 Å². The van der Waals surface area contributed by atoms with E-state index in [9.17, 15) is 14.7 Å². The van der Waals surface area contributed by atoms with Gasteiger partial charge in [0.25, 0.3) is 0 Å². The second-order valence-electron chi connectivity index (χ2n) is 19.5. The summed E-state index contributed by atoms with van der Waals surface area (Å²) in [6.45, 7) is 6.68.